The van der Waals surface area contributed by atoms with Gasteiger partial charge < -0.3 is 10.1 Å². The molecule has 1 N–H and O–H groups in total. The number of benzene rings is 1. The van der Waals surface area contributed by atoms with Gasteiger partial charge in [0.05, 0.1) is 22.9 Å². The summed E-state index contributed by atoms with van der Waals surface area (Å²) >= 11 is 1.79. The lowest BCUT2D eigenvalue weighted by atomic mass is 10.2. The van der Waals surface area contributed by atoms with Crippen LogP contribution in [0.15, 0.2) is 18.2 Å². The molecular weight excluding hydrogens is 270 g/mol. The number of nitrogens with one attached hydrogen (secondary N) is 1. The molecule has 0 radical (unpaired) electrons. The van der Waals surface area contributed by atoms with Crippen LogP contribution in [0.4, 0.5) is 0 Å². The standard InChI is InChI=1S/C15H21N3OS/c1-3-19-12-4-5-13-14(10-12)20-15(17-13)11(2)18-8-6-16-7-9-18/h4-5,10-11,16H,3,6-9H2,1-2H3. The van der Waals surface area contributed by atoms with Crippen molar-refractivity contribution >= 4 is 21.6 Å². The molecule has 0 aliphatic carbocycles. The summed E-state index contributed by atoms with van der Waals surface area (Å²) in [4.78, 5) is 7.29. The highest BCUT2D eigenvalue weighted by Crippen LogP contribution is 2.31. The number of piperazine rings is 1. The first-order chi connectivity index (χ1) is 9.78. The van der Waals surface area contributed by atoms with E-state index in [-0.39, 0.29) is 0 Å². The molecule has 1 unspecified atom stereocenters. The molecule has 0 amide bonds. The molecule has 0 spiro atoms. The second-order valence-corrected chi connectivity index (χ2v) is 6.14. The summed E-state index contributed by atoms with van der Waals surface area (Å²) < 4.78 is 6.78. The second-order valence-electron chi connectivity index (χ2n) is 5.08. The first-order valence-corrected chi connectivity index (χ1v) is 8.07. The van der Waals surface area contributed by atoms with Crippen LogP contribution < -0.4 is 10.1 Å². The van der Waals surface area contributed by atoms with E-state index in [0.29, 0.717) is 12.6 Å². The first kappa shape index (κ1) is 13.8. The Kier molecular flexibility index (Phi) is 4.19. The van der Waals surface area contributed by atoms with Gasteiger partial charge in [0.15, 0.2) is 0 Å². The highest BCUT2D eigenvalue weighted by Gasteiger charge is 2.20. The minimum absolute atomic E-state index is 0.394. The van der Waals surface area contributed by atoms with Gasteiger partial charge in [0.25, 0.3) is 0 Å². The lowest BCUT2D eigenvalue weighted by Crippen LogP contribution is -2.44. The number of fused-ring (bicyclic) bond motifs is 1. The maximum atomic E-state index is 5.56. The minimum Gasteiger partial charge on any atom is -0.494 e. The van der Waals surface area contributed by atoms with E-state index in [1.165, 1.54) is 9.71 Å². The van der Waals surface area contributed by atoms with Crippen LogP contribution in [-0.2, 0) is 0 Å². The third-order valence-corrected chi connectivity index (χ3v) is 4.93. The molecule has 1 saturated heterocycles. The van der Waals surface area contributed by atoms with E-state index in [1.807, 2.05) is 13.0 Å². The van der Waals surface area contributed by atoms with Crippen LogP contribution in [0.1, 0.15) is 24.9 Å². The van der Waals surface area contributed by atoms with Crippen LogP contribution in [0.3, 0.4) is 0 Å². The number of thiazole rings is 1. The number of aromatic nitrogens is 1. The summed E-state index contributed by atoms with van der Waals surface area (Å²) in [7, 11) is 0. The fraction of sp³-hybridized carbons (Fsp3) is 0.533. The fourth-order valence-electron chi connectivity index (χ4n) is 2.58. The summed E-state index contributed by atoms with van der Waals surface area (Å²) in [5.41, 5.74) is 1.08. The molecule has 20 heavy (non-hydrogen) atoms. The zero-order valence-electron chi connectivity index (χ0n) is 12.1. The van der Waals surface area contributed by atoms with Gasteiger partial charge in [0.1, 0.15) is 10.8 Å². The Balaban J connectivity index is 1.84. The summed E-state index contributed by atoms with van der Waals surface area (Å²) in [6.07, 6.45) is 0. The molecular formula is C15H21N3OS. The van der Waals surface area contributed by atoms with Gasteiger partial charge in [-0.3, -0.25) is 4.90 Å². The van der Waals surface area contributed by atoms with Crippen molar-refractivity contribution in [2.24, 2.45) is 0 Å². The zero-order valence-corrected chi connectivity index (χ0v) is 12.9. The quantitative estimate of drug-likeness (QED) is 0.940. The number of hydrogen-bond acceptors (Lipinski definition) is 5. The maximum Gasteiger partial charge on any atom is 0.120 e. The summed E-state index contributed by atoms with van der Waals surface area (Å²) in [5, 5.41) is 4.60. The van der Waals surface area contributed by atoms with Crippen LogP contribution in [0.25, 0.3) is 10.2 Å². The topological polar surface area (TPSA) is 37.4 Å². The maximum absolute atomic E-state index is 5.56. The van der Waals surface area contributed by atoms with E-state index in [4.69, 9.17) is 9.72 Å². The van der Waals surface area contributed by atoms with Crippen molar-refractivity contribution in [2.75, 3.05) is 32.8 Å². The molecule has 2 heterocycles. The molecule has 2 aromatic rings. The monoisotopic (exact) mass is 291 g/mol. The van der Waals surface area contributed by atoms with Gasteiger partial charge in [0, 0.05) is 26.2 Å². The zero-order chi connectivity index (χ0) is 13.9. The third-order valence-electron chi connectivity index (χ3n) is 3.74. The Morgan fingerprint density at radius 2 is 2.20 bits per heavy atom. The van der Waals surface area contributed by atoms with Gasteiger partial charge in [-0.1, -0.05) is 0 Å². The molecule has 4 nitrogen and oxygen atoms in total. The number of ether oxygens (including phenoxy) is 1. The number of hydrogen-bond donors (Lipinski definition) is 1. The first-order valence-electron chi connectivity index (χ1n) is 7.26. The fourth-order valence-corrected chi connectivity index (χ4v) is 3.67. The smallest absolute Gasteiger partial charge is 0.120 e. The lowest BCUT2D eigenvalue weighted by molar-refractivity contribution is 0.185. The highest BCUT2D eigenvalue weighted by molar-refractivity contribution is 7.18. The van der Waals surface area contributed by atoms with Crippen LogP contribution in [0.2, 0.25) is 0 Å². The van der Waals surface area contributed by atoms with Gasteiger partial charge in [-0.05, 0) is 32.0 Å². The van der Waals surface area contributed by atoms with E-state index in [0.717, 1.165) is 37.4 Å². The molecule has 1 aliphatic rings. The van der Waals surface area contributed by atoms with Gasteiger partial charge in [0.2, 0.25) is 0 Å². The molecule has 108 valence electrons. The van der Waals surface area contributed by atoms with E-state index in [1.54, 1.807) is 11.3 Å². The van der Waals surface area contributed by atoms with Gasteiger partial charge >= 0.3 is 0 Å². The second kappa shape index (κ2) is 6.08. The molecule has 1 aliphatic heterocycles. The molecule has 3 rings (SSSR count). The average Bonchev–Trinajstić information content (AvgIpc) is 2.91. The van der Waals surface area contributed by atoms with Crippen molar-refractivity contribution in [1.82, 2.24) is 15.2 Å². The number of nitrogens with zero attached hydrogens (tertiary/aromatic N) is 2. The molecule has 5 heteroatoms. The Morgan fingerprint density at radius 1 is 1.40 bits per heavy atom. The van der Waals surface area contributed by atoms with Crippen molar-refractivity contribution < 1.29 is 4.74 Å². The highest BCUT2D eigenvalue weighted by atomic mass is 32.1. The van der Waals surface area contributed by atoms with E-state index < -0.39 is 0 Å². The molecule has 0 saturated carbocycles. The normalized spacial score (nSPS) is 18.3. The number of rotatable bonds is 4. The predicted octanol–water partition coefficient (Wildman–Crippen LogP) is 2.66. The largest absolute Gasteiger partial charge is 0.494 e. The van der Waals surface area contributed by atoms with Crippen molar-refractivity contribution in [2.45, 2.75) is 19.9 Å². The van der Waals surface area contributed by atoms with E-state index in [2.05, 4.69) is 29.3 Å². The van der Waals surface area contributed by atoms with Gasteiger partial charge in [-0.15, -0.1) is 11.3 Å². The van der Waals surface area contributed by atoms with Crippen molar-refractivity contribution in [3.05, 3.63) is 23.2 Å². The third kappa shape index (κ3) is 2.80. The Bertz CT molecular complexity index is 578. The molecule has 1 fully saturated rings. The predicted molar refractivity (Wildman–Crippen MR) is 83.6 cm³/mol. The molecule has 1 aromatic heterocycles. The van der Waals surface area contributed by atoms with Crippen LogP contribution in [0, 0.1) is 0 Å². The molecule has 1 atom stereocenters. The van der Waals surface area contributed by atoms with E-state index >= 15 is 0 Å². The van der Waals surface area contributed by atoms with Crippen molar-refractivity contribution in [3.63, 3.8) is 0 Å². The van der Waals surface area contributed by atoms with Crippen LogP contribution in [-0.4, -0.2) is 42.7 Å². The van der Waals surface area contributed by atoms with Crippen molar-refractivity contribution in [1.29, 1.82) is 0 Å². The van der Waals surface area contributed by atoms with Gasteiger partial charge in [-0.2, -0.15) is 0 Å². The molecule has 1 aromatic carbocycles. The van der Waals surface area contributed by atoms with Crippen LogP contribution >= 0.6 is 11.3 Å². The van der Waals surface area contributed by atoms with E-state index in [9.17, 15) is 0 Å². The Morgan fingerprint density at radius 3 is 2.95 bits per heavy atom. The van der Waals surface area contributed by atoms with Crippen molar-refractivity contribution in [3.8, 4) is 5.75 Å². The molecule has 0 bridgehead atoms. The van der Waals surface area contributed by atoms with Gasteiger partial charge in [-0.25, -0.2) is 4.98 Å². The Hall–Kier alpha value is -1.17. The Labute approximate surface area is 123 Å². The summed E-state index contributed by atoms with van der Waals surface area (Å²) in [6.45, 7) is 9.31. The SMILES string of the molecule is CCOc1ccc2nc(C(C)N3CCNCC3)sc2c1. The average molecular weight is 291 g/mol. The minimum atomic E-state index is 0.394. The van der Waals surface area contributed by atoms with Crippen LogP contribution in [0.5, 0.6) is 5.75 Å². The lowest BCUT2D eigenvalue weighted by Gasteiger charge is -2.31. The summed E-state index contributed by atoms with van der Waals surface area (Å²) in [5.74, 6) is 0.935. The summed E-state index contributed by atoms with van der Waals surface area (Å²) in [6, 6.07) is 6.56.